The summed E-state index contributed by atoms with van der Waals surface area (Å²) in [5.41, 5.74) is 1.39. The van der Waals surface area contributed by atoms with Crippen LogP contribution < -0.4 is 0 Å². The molecule has 0 amide bonds. The van der Waals surface area contributed by atoms with Gasteiger partial charge in [-0.2, -0.15) is 0 Å². The van der Waals surface area contributed by atoms with E-state index in [0.29, 0.717) is 5.92 Å². The highest BCUT2D eigenvalue weighted by Crippen LogP contribution is 2.06. The topological polar surface area (TPSA) is 3.24 Å². The van der Waals surface area contributed by atoms with Gasteiger partial charge in [-0.05, 0) is 18.5 Å². The summed E-state index contributed by atoms with van der Waals surface area (Å²) in [6.45, 7) is 4.44. The van der Waals surface area contributed by atoms with Crippen molar-refractivity contribution in [3.05, 3.63) is 35.9 Å². The summed E-state index contributed by atoms with van der Waals surface area (Å²) in [7, 11) is 2.17. The quantitative estimate of drug-likeness (QED) is 0.731. The number of rotatable bonds is 5. The van der Waals surface area contributed by atoms with E-state index >= 15 is 0 Å². The molecule has 0 aliphatic heterocycles. The third kappa shape index (κ3) is 4.25. The summed E-state index contributed by atoms with van der Waals surface area (Å²) in [5, 5.41) is 1.08. The summed E-state index contributed by atoms with van der Waals surface area (Å²) < 4.78 is 0. The van der Waals surface area contributed by atoms with Crippen LogP contribution in [0.4, 0.5) is 0 Å². The van der Waals surface area contributed by atoms with Crippen molar-refractivity contribution in [2.24, 2.45) is 5.92 Å². The maximum Gasteiger partial charge on any atom is 0.0230 e. The molecule has 0 saturated heterocycles. The molecule has 1 rings (SSSR count). The van der Waals surface area contributed by atoms with E-state index in [1.165, 1.54) is 5.56 Å². The first kappa shape index (κ1) is 11.7. The zero-order valence-corrected chi connectivity index (χ0v) is 10.5. The fraction of sp³-hybridized carbons (Fsp3) is 0.500. The standard InChI is InChI=1S/C12H18BrN/c1-11(8-13)9-14(2)10-12-6-4-3-5-7-12/h3-7,11H,8-10H2,1-2H3. The Morgan fingerprint density at radius 3 is 2.50 bits per heavy atom. The Bertz CT molecular complexity index is 248. The van der Waals surface area contributed by atoms with Crippen molar-refractivity contribution in [2.75, 3.05) is 18.9 Å². The van der Waals surface area contributed by atoms with E-state index in [2.05, 4.69) is 65.1 Å². The third-order valence-electron chi connectivity index (χ3n) is 2.18. The monoisotopic (exact) mass is 255 g/mol. The van der Waals surface area contributed by atoms with Gasteiger partial charge in [-0.3, -0.25) is 0 Å². The molecule has 0 heterocycles. The molecule has 14 heavy (non-hydrogen) atoms. The Hall–Kier alpha value is -0.340. The predicted octanol–water partition coefficient (Wildman–Crippen LogP) is 3.15. The van der Waals surface area contributed by atoms with Gasteiger partial charge in [0, 0.05) is 18.4 Å². The molecule has 1 aromatic carbocycles. The third-order valence-corrected chi connectivity index (χ3v) is 3.29. The van der Waals surface area contributed by atoms with Gasteiger partial charge in [0.15, 0.2) is 0 Å². The average Bonchev–Trinajstić information content (AvgIpc) is 2.19. The Balaban J connectivity index is 2.37. The van der Waals surface area contributed by atoms with Gasteiger partial charge in [0.2, 0.25) is 0 Å². The van der Waals surface area contributed by atoms with Crippen molar-refractivity contribution >= 4 is 15.9 Å². The molecule has 0 spiro atoms. The van der Waals surface area contributed by atoms with Gasteiger partial charge < -0.3 is 4.90 Å². The molecular weight excluding hydrogens is 238 g/mol. The lowest BCUT2D eigenvalue weighted by Crippen LogP contribution is -2.24. The second kappa shape index (κ2) is 6.20. The maximum absolute atomic E-state index is 3.50. The van der Waals surface area contributed by atoms with Crippen LogP contribution in [0, 0.1) is 5.92 Å². The lowest BCUT2D eigenvalue weighted by atomic mass is 10.2. The second-order valence-corrected chi connectivity index (χ2v) is 4.59. The normalized spacial score (nSPS) is 13.1. The van der Waals surface area contributed by atoms with E-state index in [9.17, 15) is 0 Å². The molecule has 0 saturated carbocycles. The SMILES string of the molecule is CC(CBr)CN(C)Cc1ccccc1. The molecule has 1 atom stereocenters. The lowest BCUT2D eigenvalue weighted by Gasteiger charge is -2.19. The van der Waals surface area contributed by atoms with Crippen LogP contribution in [0.15, 0.2) is 30.3 Å². The van der Waals surface area contributed by atoms with Crippen molar-refractivity contribution in [2.45, 2.75) is 13.5 Å². The minimum Gasteiger partial charge on any atom is -0.302 e. The number of hydrogen-bond acceptors (Lipinski definition) is 1. The Morgan fingerprint density at radius 1 is 1.29 bits per heavy atom. The van der Waals surface area contributed by atoms with Crippen LogP contribution >= 0.6 is 15.9 Å². The number of benzene rings is 1. The van der Waals surface area contributed by atoms with Crippen molar-refractivity contribution in [3.63, 3.8) is 0 Å². The van der Waals surface area contributed by atoms with Gasteiger partial charge in [-0.1, -0.05) is 53.2 Å². The van der Waals surface area contributed by atoms with Crippen molar-refractivity contribution < 1.29 is 0 Å². The van der Waals surface area contributed by atoms with Crippen LogP contribution in [0.1, 0.15) is 12.5 Å². The van der Waals surface area contributed by atoms with Gasteiger partial charge in [-0.25, -0.2) is 0 Å². The predicted molar refractivity (Wildman–Crippen MR) is 65.7 cm³/mol. The summed E-state index contributed by atoms with van der Waals surface area (Å²) >= 11 is 3.50. The molecule has 2 heteroatoms. The molecule has 78 valence electrons. The van der Waals surface area contributed by atoms with E-state index < -0.39 is 0 Å². The largest absolute Gasteiger partial charge is 0.302 e. The zero-order chi connectivity index (χ0) is 10.4. The van der Waals surface area contributed by atoms with Crippen LogP contribution in [-0.4, -0.2) is 23.8 Å². The molecule has 1 nitrogen and oxygen atoms in total. The van der Waals surface area contributed by atoms with E-state index in [1.807, 2.05) is 0 Å². The highest BCUT2D eigenvalue weighted by atomic mass is 79.9. The first-order valence-corrected chi connectivity index (χ1v) is 6.13. The fourth-order valence-corrected chi connectivity index (χ4v) is 1.75. The van der Waals surface area contributed by atoms with Gasteiger partial charge in [0.1, 0.15) is 0 Å². The van der Waals surface area contributed by atoms with E-state index in [0.717, 1.165) is 18.4 Å². The number of halogens is 1. The highest BCUT2D eigenvalue weighted by molar-refractivity contribution is 9.09. The number of alkyl halides is 1. The van der Waals surface area contributed by atoms with Crippen LogP contribution in [-0.2, 0) is 6.54 Å². The molecule has 0 bridgehead atoms. The fourth-order valence-electron chi connectivity index (χ4n) is 1.54. The molecule has 0 aromatic heterocycles. The minimum atomic E-state index is 0.712. The van der Waals surface area contributed by atoms with Crippen molar-refractivity contribution in [3.8, 4) is 0 Å². The van der Waals surface area contributed by atoms with Gasteiger partial charge in [0.05, 0.1) is 0 Å². The molecule has 0 radical (unpaired) electrons. The summed E-state index contributed by atoms with van der Waals surface area (Å²) in [6.07, 6.45) is 0. The zero-order valence-electron chi connectivity index (χ0n) is 8.91. The molecule has 1 aromatic rings. The molecular formula is C12H18BrN. The smallest absolute Gasteiger partial charge is 0.0230 e. The second-order valence-electron chi connectivity index (χ2n) is 3.94. The van der Waals surface area contributed by atoms with Crippen LogP contribution in [0.2, 0.25) is 0 Å². The Labute approximate surface area is 95.2 Å². The molecule has 0 N–H and O–H groups in total. The molecule has 1 unspecified atom stereocenters. The summed E-state index contributed by atoms with van der Waals surface area (Å²) in [6, 6.07) is 10.6. The Morgan fingerprint density at radius 2 is 1.93 bits per heavy atom. The van der Waals surface area contributed by atoms with E-state index in [-0.39, 0.29) is 0 Å². The highest BCUT2D eigenvalue weighted by Gasteiger charge is 2.04. The molecule has 0 aliphatic rings. The number of hydrogen-bond donors (Lipinski definition) is 0. The summed E-state index contributed by atoms with van der Waals surface area (Å²) in [4.78, 5) is 2.36. The van der Waals surface area contributed by atoms with Crippen LogP contribution in [0.25, 0.3) is 0 Å². The van der Waals surface area contributed by atoms with Crippen LogP contribution in [0.3, 0.4) is 0 Å². The van der Waals surface area contributed by atoms with Crippen molar-refractivity contribution in [1.29, 1.82) is 0 Å². The lowest BCUT2D eigenvalue weighted by molar-refractivity contribution is 0.291. The first-order valence-electron chi connectivity index (χ1n) is 5.01. The first-order chi connectivity index (χ1) is 6.72. The van der Waals surface area contributed by atoms with Crippen LogP contribution in [0.5, 0.6) is 0 Å². The van der Waals surface area contributed by atoms with Gasteiger partial charge >= 0.3 is 0 Å². The number of nitrogens with zero attached hydrogens (tertiary/aromatic N) is 1. The maximum atomic E-state index is 3.50. The van der Waals surface area contributed by atoms with Gasteiger partial charge in [0.25, 0.3) is 0 Å². The Kier molecular flexibility index (Phi) is 5.20. The molecule has 0 aliphatic carbocycles. The van der Waals surface area contributed by atoms with Gasteiger partial charge in [-0.15, -0.1) is 0 Å². The van der Waals surface area contributed by atoms with E-state index in [4.69, 9.17) is 0 Å². The average molecular weight is 256 g/mol. The molecule has 0 fully saturated rings. The van der Waals surface area contributed by atoms with Crippen molar-refractivity contribution in [1.82, 2.24) is 4.90 Å². The van der Waals surface area contributed by atoms with E-state index in [1.54, 1.807) is 0 Å². The summed E-state index contributed by atoms with van der Waals surface area (Å²) in [5.74, 6) is 0.712. The minimum absolute atomic E-state index is 0.712.